The minimum Gasteiger partial charge on any atom is -0.399 e. The van der Waals surface area contributed by atoms with Crippen molar-refractivity contribution in [2.24, 2.45) is 0 Å². The maximum atomic E-state index is 11.7. The molecule has 5 nitrogen and oxygen atoms in total. The number of aryl methyl sites for hydroxylation is 1. The molecule has 5 heteroatoms. The highest BCUT2D eigenvalue weighted by atomic mass is 16.5. The van der Waals surface area contributed by atoms with Crippen LogP contribution in [0.5, 0.6) is 0 Å². The predicted octanol–water partition coefficient (Wildman–Crippen LogP) is 1.57. The molecule has 0 fully saturated rings. The molecule has 0 heterocycles. The molecular formula is C13H20N2O3. The molecule has 100 valence electrons. The fraction of sp³-hybridized carbons (Fsp3) is 0.462. The van der Waals surface area contributed by atoms with E-state index in [2.05, 4.69) is 5.32 Å². The molecule has 0 bridgehead atoms. The fourth-order valence-electron chi connectivity index (χ4n) is 1.46. The molecule has 0 aromatic heterocycles. The Morgan fingerprint density at radius 2 is 2.22 bits per heavy atom. The summed E-state index contributed by atoms with van der Waals surface area (Å²) in [6, 6.07) is 5.38. The first-order valence-electron chi connectivity index (χ1n) is 5.79. The van der Waals surface area contributed by atoms with Crippen LogP contribution in [0.15, 0.2) is 18.2 Å². The highest BCUT2D eigenvalue weighted by Crippen LogP contribution is 2.17. The van der Waals surface area contributed by atoms with Crippen molar-refractivity contribution in [1.82, 2.24) is 0 Å². The Bertz CT molecular complexity index is 407. The van der Waals surface area contributed by atoms with Gasteiger partial charge in [0.1, 0.15) is 6.61 Å². The van der Waals surface area contributed by atoms with E-state index >= 15 is 0 Å². The van der Waals surface area contributed by atoms with E-state index in [1.807, 2.05) is 19.9 Å². The number of nitrogen functional groups attached to an aromatic ring is 1. The Hall–Kier alpha value is -1.59. The van der Waals surface area contributed by atoms with E-state index in [4.69, 9.17) is 15.2 Å². The molecule has 18 heavy (non-hydrogen) atoms. The molecule has 0 radical (unpaired) electrons. The van der Waals surface area contributed by atoms with Crippen molar-refractivity contribution in [3.63, 3.8) is 0 Å². The summed E-state index contributed by atoms with van der Waals surface area (Å²) < 4.78 is 10.2. The Balaban J connectivity index is 2.47. The zero-order chi connectivity index (χ0) is 13.5. The average Bonchev–Trinajstić information content (AvgIpc) is 2.32. The summed E-state index contributed by atoms with van der Waals surface area (Å²) in [6.45, 7) is 4.22. The average molecular weight is 252 g/mol. The molecule has 0 saturated heterocycles. The third kappa shape index (κ3) is 4.73. The van der Waals surface area contributed by atoms with Crippen molar-refractivity contribution in [1.29, 1.82) is 0 Å². The first-order valence-corrected chi connectivity index (χ1v) is 5.79. The van der Waals surface area contributed by atoms with Gasteiger partial charge in [-0.2, -0.15) is 0 Å². The van der Waals surface area contributed by atoms with Gasteiger partial charge in [-0.3, -0.25) is 4.79 Å². The van der Waals surface area contributed by atoms with Gasteiger partial charge in [0.15, 0.2) is 0 Å². The minimum atomic E-state index is -0.202. The molecule has 0 saturated carbocycles. The molecule has 0 aliphatic carbocycles. The van der Waals surface area contributed by atoms with Crippen molar-refractivity contribution >= 4 is 17.3 Å². The van der Waals surface area contributed by atoms with Crippen LogP contribution in [-0.4, -0.2) is 32.3 Å². The van der Waals surface area contributed by atoms with Gasteiger partial charge in [0.2, 0.25) is 5.91 Å². The molecule has 1 aromatic carbocycles. The summed E-state index contributed by atoms with van der Waals surface area (Å²) in [5, 5.41) is 2.76. The predicted molar refractivity (Wildman–Crippen MR) is 71.5 cm³/mol. The molecule has 1 aromatic rings. The third-order valence-corrected chi connectivity index (χ3v) is 2.44. The maximum Gasteiger partial charge on any atom is 0.250 e. The molecule has 0 aliphatic rings. The molecule has 1 unspecified atom stereocenters. The van der Waals surface area contributed by atoms with Crippen LogP contribution in [-0.2, 0) is 14.3 Å². The van der Waals surface area contributed by atoms with Crippen molar-refractivity contribution in [2.75, 3.05) is 31.4 Å². The Labute approximate surface area is 107 Å². The van der Waals surface area contributed by atoms with Gasteiger partial charge in [0, 0.05) is 18.5 Å². The topological polar surface area (TPSA) is 73.6 Å². The van der Waals surface area contributed by atoms with Gasteiger partial charge < -0.3 is 20.5 Å². The summed E-state index contributed by atoms with van der Waals surface area (Å²) in [6.07, 6.45) is -0.109. The van der Waals surface area contributed by atoms with Crippen molar-refractivity contribution < 1.29 is 14.3 Å². The number of hydrogen-bond donors (Lipinski definition) is 2. The van der Waals surface area contributed by atoms with E-state index in [1.54, 1.807) is 19.2 Å². The van der Waals surface area contributed by atoms with Crippen LogP contribution in [0.4, 0.5) is 11.4 Å². The first-order chi connectivity index (χ1) is 8.52. The number of nitrogens with one attached hydrogen (secondary N) is 1. The number of amides is 1. The smallest absolute Gasteiger partial charge is 0.250 e. The number of anilines is 2. The molecule has 3 N–H and O–H groups in total. The lowest BCUT2D eigenvalue weighted by atomic mass is 10.2. The highest BCUT2D eigenvalue weighted by molar-refractivity contribution is 5.92. The molecule has 1 atom stereocenters. The number of ether oxygens (including phenoxy) is 2. The standard InChI is InChI=1S/C13H20N2O3/c1-9-4-5-11(14)6-12(9)15-13(16)8-18-10(2)7-17-3/h4-6,10H,7-8,14H2,1-3H3,(H,15,16). The van der Waals surface area contributed by atoms with Crippen LogP contribution in [0.1, 0.15) is 12.5 Å². The van der Waals surface area contributed by atoms with Gasteiger partial charge in [-0.15, -0.1) is 0 Å². The Morgan fingerprint density at radius 1 is 1.50 bits per heavy atom. The molecule has 0 aliphatic heterocycles. The SMILES string of the molecule is COCC(C)OCC(=O)Nc1cc(N)ccc1C. The van der Waals surface area contributed by atoms with Gasteiger partial charge in [-0.05, 0) is 31.5 Å². The van der Waals surface area contributed by atoms with Crippen LogP contribution in [0.2, 0.25) is 0 Å². The Morgan fingerprint density at radius 3 is 2.89 bits per heavy atom. The summed E-state index contributed by atoms with van der Waals surface area (Å²) in [7, 11) is 1.59. The largest absolute Gasteiger partial charge is 0.399 e. The zero-order valence-electron chi connectivity index (χ0n) is 11.0. The summed E-state index contributed by atoms with van der Waals surface area (Å²) in [5.74, 6) is -0.202. The van der Waals surface area contributed by atoms with Crippen LogP contribution in [0.25, 0.3) is 0 Å². The Kier molecular flexibility index (Phi) is 5.61. The van der Waals surface area contributed by atoms with E-state index in [9.17, 15) is 4.79 Å². The van der Waals surface area contributed by atoms with Crippen molar-refractivity contribution in [2.45, 2.75) is 20.0 Å². The molecule has 1 amide bonds. The number of carbonyl (C=O) groups is 1. The molecule has 1 rings (SSSR count). The summed E-state index contributed by atoms with van der Waals surface area (Å²) >= 11 is 0. The number of rotatable bonds is 6. The normalized spacial score (nSPS) is 12.2. The van der Waals surface area contributed by atoms with E-state index < -0.39 is 0 Å². The van der Waals surface area contributed by atoms with Gasteiger partial charge >= 0.3 is 0 Å². The van der Waals surface area contributed by atoms with E-state index in [0.29, 0.717) is 18.0 Å². The van der Waals surface area contributed by atoms with Crippen LogP contribution in [0.3, 0.4) is 0 Å². The number of methoxy groups -OCH3 is 1. The van der Waals surface area contributed by atoms with E-state index in [1.165, 1.54) is 0 Å². The first kappa shape index (κ1) is 14.5. The number of nitrogens with two attached hydrogens (primary N) is 1. The summed E-state index contributed by atoms with van der Waals surface area (Å²) in [5.41, 5.74) is 7.95. The number of benzene rings is 1. The number of carbonyl (C=O) groups excluding carboxylic acids is 1. The second-order valence-electron chi connectivity index (χ2n) is 4.20. The van der Waals surface area contributed by atoms with Crippen molar-refractivity contribution in [3.05, 3.63) is 23.8 Å². The second kappa shape index (κ2) is 6.98. The van der Waals surface area contributed by atoms with E-state index in [0.717, 1.165) is 5.56 Å². The monoisotopic (exact) mass is 252 g/mol. The number of hydrogen-bond acceptors (Lipinski definition) is 4. The van der Waals surface area contributed by atoms with E-state index in [-0.39, 0.29) is 18.6 Å². The second-order valence-corrected chi connectivity index (χ2v) is 4.20. The van der Waals surface area contributed by atoms with Gasteiger partial charge in [-0.1, -0.05) is 6.07 Å². The van der Waals surface area contributed by atoms with Crippen LogP contribution in [0, 0.1) is 6.92 Å². The zero-order valence-corrected chi connectivity index (χ0v) is 11.0. The fourth-order valence-corrected chi connectivity index (χ4v) is 1.46. The van der Waals surface area contributed by atoms with Gasteiger partial charge in [-0.25, -0.2) is 0 Å². The van der Waals surface area contributed by atoms with Crippen LogP contribution >= 0.6 is 0 Å². The minimum absolute atomic E-state index is 0.00122. The molecular weight excluding hydrogens is 232 g/mol. The van der Waals surface area contributed by atoms with Gasteiger partial charge in [0.25, 0.3) is 0 Å². The molecule has 0 spiro atoms. The van der Waals surface area contributed by atoms with Gasteiger partial charge in [0.05, 0.1) is 12.7 Å². The van der Waals surface area contributed by atoms with Crippen molar-refractivity contribution in [3.8, 4) is 0 Å². The highest BCUT2D eigenvalue weighted by Gasteiger charge is 2.08. The van der Waals surface area contributed by atoms with Crippen LogP contribution < -0.4 is 11.1 Å². The third-order valence-electron chi connectivity index (χ3n) is 2.44. The quantitative estimate of drug-likeness (QED) is 0.754. The maximum absolute atomic E-state index is 11.7. The lowest BCUT2D eigenvalue weighted by molar-refractivity contribution is -0.123. The summed E-state index contributed by atoms with van der Waals surface area (Å²) in [4.78, 5) is 11.7. The lowest BCUT2D eigenvalue weighted by Gasteiger charge is -2.13. The lowest BCUT2D eigenvalue weighted by Crippen LogP contribution is -2.24.